The van der Waals surface area contributed by atoms with Crippen molar-refractivity contribution in [3.63, 3.8) is 0 Å². The molecule has 1 fully saturated rings. The van der Waals surface area contributed by atoms with E-state index < -0.39 is 5.79 Å². The Bertz CT molecular complexity index is 622. The van der Waals surface area contributed by atoms with Crippen LogP contribution >= 0.6 is 0 Å². The summed E-state index contributed by atoms with van der Waals surface area (Å²) in [7, 11) is 0. The van der Waals surface area contributed by atoms with E-state index in [1.807, 2.05) is 0 Å². The lowest BCUT2D eigenvalue weighted by Gasteiger charge is -2.29. The van der Waals surface area contributed by atoms with E-state index in [0.29, 0.717) is 0 Å². The van der Waals surface area contributed by atoms with Crippen LogP contribution in [-0.4, -0.2) is 33.6 Å². The van der Waals surface area contributed by atoms with Crippen LogP contribution in [0.15, 0.2) is 36.4 Å². The fourth-order valence-corrected chi connectivity index (χ4v) is 2.47. The van der Waals surface area contributed by atoms with Gasteiger partial charge in [-0.2, -0.15) is 0 Å². The summed E-state index contributed by atoms with van der Waals surface area (Å²) in [5.74, 6) is -2.11. The molecule has 6 heteroatoms. The van der Waals surface area contributed by atoms with Crippen molar-refractivity contribution in [2.75, 3.05) is 13.2 Å². The molecule has 21 heavy (non-hydrogen) atoms. The van der Waals surface area contributed by atoms with Crippen LogP contribution in [0, 0.1) is 0 Å². The van der Waals surface area contributed by atoms with Crippen LogP contribution in [0.1, 0.15) is 11.1 Å². The minimum Gasteiger partial charge on any atom is -0.508 e. The summed E-state index contributed by atoms with van der Waals surface area (Å²) in [4.78, 5) is 0. The molecular formula is C15H14O6. The molecule has 1 aliphatic heterocycles. The Morgan fingerprint density at radius 2 is 1.14 bits per heavy atom. The summed E-state index contributed by atoms with van der Waals surface area (Å²) in [6.07, 6.45) is 0. The van der Waals surface area contributed by atoms with Crippen LogP contribution in [0.3, 0.4) is 0 Å². The van der Waals surface area contributed by atoms with E-state index in [-0.39, 0.29) is 47.3 Å². The molecule has 0 aliphatic carbocycles. The minimum absolute atomic E-state index is 0.0978. The number of phenolic OH excluding ortho intramolecular Hbond substituents is 4. The summed E-state index contributed by atoms with van der Waals surface area (Å²) in [6, 6.07) is 8.03. The van der Waals surface area contributed by atoms with Crippen molar-refractivity contribution in [1.29, 1.82) is 0 Å². The summed E-state index contributed by atoms with van der Waals surface area (Å²) < 4.78 is 11.3. The van der Waals surface area contributed by atoms with Gasteiger partial charge >= 0.3 is 0 Å². The number of ether oxygens (including phenoxy) is 2. The molecule has 0 amide bonds. The lowest BCUT2D eigenvalue weighted by atomic mass is 9.95. The van der Waals surface area contributed by atoms with Gasteiger partial charge in [0.05, 0.1) is 24.3 Å². The molecule has 0 bridgehead atoms. The van der Waals surface area contributed by atoms with E-state index in [4.69, 9.17) is 9.47 Å². The predicted octanol–water partition coefficient (Wildman–Crippen LogP) is 1.76. The normalized spacial score (nSPS) is 17.0. The highest BCUT2D eigenvalue weighted by Gasteiger charge is 2.44. The van der Waals surface area contributed by atoms with Crippen molar-refractivity contribution >= 4 is 0 Å². The molecule has 0 saturated carbocycles. The molecule has 110 valence electrons. The largest absolute Gasteiger partial charge is 0.508 e. The van der Waals surface area contributed by atoms with Gasteiger partial charge in [0.1, 0.15) is 23.0 Å². The quantitative estimate of drug-likeness (QED) is 0.672. The molecule has 0 aromatic heterocycles. The third-order valence-corrected chi connectivity index (χ3v) is 3.37. The molecule has 4 N–H and O–H groups in total. The maximum Gasteiger partial charge on any atom is 0.229 e. The molecule has 6 nitrogen and oxygen atoms in total. The smallest absolute Gasteiger partial charge is 0.229 e. The van der Waals surface area contributed by atoms with Gasteiger partial charge in [0.2, 0.25) is 5.79 Å². The first-order valence-electron chi connectivity index (χ1n) is 6.36. The van der Waals surface area contributed by atoms with E-state index in [1.54, 1.807) is 0 Å². The molecule has 0 radical (unpaired) electrons. The molecule has 3 rings (SSSR count). The van der Waals surface area contributed by atoms with Gasteiger partial charge in [-0.15, -0.1) is 0 Å². The molecule has 0 atom stereocenters. The zero-order chi connectivity index (χ0) is 15.0. The summed E-state index contributed by atoms with van der Waals surface area (Å²) in [5.41, 5.74) is 0.526. The molecule has 0 unspecified atom stereocenters. The van der Waals surface area contributed by atoms with E-state index in [2.05, 4.69) is 0 Å². The second kappa shape index (κ2) is 4.83. The molecule has 2 aromatic rings. The Balaban J connectivity index is 2.20. The average Bonchev–Trinajstić information content (AvgIpc) is 2.88. The van der Waals surface area contributed by atoms with Crippen LogP contribution in [0.5, 0.6) is 23.0 Å². The highest BCUT2D eigenvalue weighted by molar-refractivity contribution is 5.51. The van der Waals surface area contributed by atoms with Crippen LogP contribution in [-0.2, 0) is 15.3 Å². The van der Waals surface area contributed by atoms with Crippen LogP contribution in [0.4, 0.5) is 0 Å². The zero-order valence-corrected chi connectivity index (χ0v) is 11.0. The van der Waals surface area contributed by atoms with Gasteiger partial charge in [-0.3, -0.25) is 0 Å². The predicted molar refractivity (Wildman–Crippen MR) is 72.2 cm³/mol. The maximum absolute atomic E-state index is 10.1. The van der Waals surface area contributed by atoms with E-state index in [9.17, 15) is 20.4 Å². The number of hydrogen-bond donors (Lipinski definition) is 4. The fourth-order valence-electron chi connectivity index (χ4n) is 2.47. The lowest BCUT2D eigenvalue weighted by Crippen LogP contribution is -2.28. The van der Waals surface area contributed by atoms with Crippen molar-refractivity contribution in [1.82, 2.24) is 0 Å². The van der Waals surface area contributed by atoms with Gasteiger partial charge in [0.15, 0.2) is 0 Å². The van der Waals surface area contributed by atoms with Crippen molar-refractivity contribution in [3.8, 4) is 23.0 Å². The SMILES string of the molecule is Oc1ccc(C2(c3ccc(O)cc3O)OCCO2)c(O)c1. The number of benzene rings is 2. The Morgan fingerprint density at radius 3 is 1.52 bits per heavy atom. The Labute approximate surface area is 120 Å². The topological polar surface area (TPSA) is 99.4 Å². The van der Waals surface area contributed by atoms with Crippen molar-refractivity contribution < 1.29 is 29.9 Å². The average molecular weight is 290 g/mol. The number of aromatic hydroxyl groups is 4. The second-order valence-electron chi connectivity index (χ2n) is 4.72. The van der Waals surface area contributed by atoms with Crippen LogP contribution in [0.25, 0.3) is 0 Å². The fraction of sp³-hybridized carbons (Fsp3) is 0.200. The van der Waals surface area contributed by atoms with Gasteiger partial charge < -0.3 is 29.9 Å². The van der Waals surface area contributed by atoms with E-state index in [0.717, 1.165) is 0 Å². The van der Waals surface area contributed by atoms with Crippen LogP contribution in [0.2, 0.25) is 0 Å². The Morgan fingerprint density at radius 1 is 0.714 bits per heavy atom. The molecule has 2 aromatic carbocycles. The molecular weight excluding hydrogens is 276 g/mol. The number of rotatable bonds is 2. The van der Waals surface area contributed by atoms with Gasteiger partial charge in [-0.1, -0.05) is 0 Å². The van der Waals surface area contributed by atoms with E-state index in [1.165, 1.54) is 36.4 Å². The van der Waals surface area contributed by atoms with Crippen molar-refractivity contribution in [2.24, 2.45) is 0 Å². The number of phenols is 4. The van der Waals surface area contributed by atoms with Crippen molar-refractivity contribution in [3.05, 3.63) is 47.5 Å². The first-order chi connectivity index (χ1) is 10.0. The highest BCUT2D eigenvalue weighted by atomic mass is 16.7. The first kappa shape index (κ1) is 13.5. The van der Waals surface area contributed by atoms with Gasteiger partial charge in [0.25, 0.3) is 0 Å². The maximum atomic E-state index is 10.1. The molecule has 1 aliphatic rings. The third-order valence-electron chi connectivity index (χ3n) is 3.37. The van der Waals surface area contributed by atoms with Crippen LogP contribution < -0.4 is 0 Å². The van der Waals surface area contributed by atoms with Gasteiger partial charge in [0, 0.05) is 12.1 Å². The summed E-state index contributed by atoms with van der Waals surface area (Å²) >= 11 is 0. The van der Waals surface area contributed by atoms with E-state index >= 15 is 0 Å². The Hall–Kier alpha value is -2.44. The molecule has 0 spiro atoms. The second-order valence-corrected chi connectivity index (χ2v) is 4.72. The first-order valence-corrected chi connectivity index (χ1v) is 6.36. The minimum atomic E-state index is -1.48. The molecule has 1 heterocycles. The number of hydrogen-bond acceptors (Lipinski definition) is 6. The monoisotopic (exact) mass is 290 g/mol. The standard InChI is InChI=1S/C15H14O6/c16-9-1-3-11(13(18)7-9)15(20-5-6-21-15)12-4-2-10(17)8-14(12)19/h1-4,7-8,16-19H,5-6H2. The van der Waals surface area contributed by atoms with Crippen molar-refractivity contribution in [2.45, 2.75) is 5.79 Å². The zero-order valence-electron chi connectivity index (χ0n) is 11.0. The van der Waals surface area contributed by atoms with Gasteiger partial charge in [-0.05, 0) is 24.3 Å². The Kier molecular flexibility index (Phi) is 3.12. The highest BCUT2D eigenvalue weighted by Crippen LogP contribution is 2.46. The summed E-state index contributed by atoms with van der Waals surface area (Å²) in [6.45, 7) is 0.557. The third kappa shape index (κ3) is 2.14. The summed E-state index contributed by atoms with van der Waals surface area (Å²) in [5, 5.41) is 38.9. The van der Waals surface area contributed by atoms with Gasteiger partial charge in [-0.25, -0.2) is 0 Å². The molecule has 1 saturated heterocycles. The lowest BCUT2D eigenvalue weighted by molar-refractivity contribution is -0.132.